The van der Waals surface area contributed by atoms with Crippen LogP contribution < -0.4 is 11.1 Å². The number of nitrogens with zero attached hydrogens (tertiary/aromatic N) is 1. The molecule has 3 nitrogen and oxygen atoms in total. The Bertz CT molecular complexity index is 789. The maximum absolute atomic E-state index is 13.3. The third-order valence-corrected chi connectivity index (χ3v) is 3.32. The minimum Gasteiger partial charge on any atom is -0.396 e. The summed E-state index contributed by atoms with van der Waals surface area (Å²) in [6.07, 6.45) is 1.57. The molecule has 0 aliphatic heterocycles. The lowest BCUT2D eigenvalue weighted by atomic mass is 10.1. The summed E-state index contributed by atoms with van der Waals surface area (Å²) in [4.78, 5) is 4.25. The van der Waals surface area contributed by atoms with Crippen LogP contribution in [0.2, 0.25) is 5.02 Å². The number of aromatic nitrogens is 1. The van der Waals surface area contributed by atoms with Crippen molar-refractivity contribution in [3.8, 4) is 0 Å². The molecular weight excluding hydrogens is 277 g/mol. The van der Waals surface area contributed by atoms with E-state index in [1.54, 1.807) is 6.20 Å². The molecule has 0 atom stereocenters. The number of nitrogens with two attached hydrogens (primary N) is 1. The van der Waals surface area contributed by atoms with Crippen LogP contribution in [-0.4, -0.2) is 4.98 Å². The van der Waals surface area contributed by atoms with Gasteiger partial charge in [0.1, 0.15) is 5.82 Å². The molecule has 100 valence electrons. The van der Waals surface area contributed by atoms with Gasteiger partial charge in [-0.25, -0.2) is 4.39 Å². The number of hydrogen-bond acceptors (Lipinski definition) is 3. The van der Waals surface area contributed by atoms with Crippen molar-refractivity contribution in [2.45, 2.75) is 0 Å². The lowest BCUT2D eigenvalue weighted by molar-refractivity contribution is 0.628. The zero-order chi connectivity index (χ0) is 14.1. The lowest BCUT2D eigenvalue weighted by Gasteiger charge is -2.13. The smallest absolute Gasteiger partial charge is 0.125 e. The highest BCUT2D eigenvalue weighted by Gasteiger charge is 2.09. The Labute approximate surface area is 120 Å². The zero-order valence-corrected chi connectivity index (χ0v) is 11.2. The van der Waals surface area contributed by atoms with Gasteiger partial charge in [-0.2, -0.15) is 0 Å². The number of para-hydroxylation sites is 1. The molecule has 3 N–H and O–H groups in total. The van der Waals surface area contributed by atoms with Crippen LogP contribution in [0.1, 0.15) is 0 Å². The van der Waals surface area contributed by atoms with Gasteiger partial charge in [0.25, 0.3) is 0 Å². The Morgan fingerprint density at radius 1 is 1.15 bits per heavy atom. The van der Waals surface area contributed by atoms with Crippen LogP contribution in [0.3, 0.4) is 0 Å². The maximum atomic E-state index is 13.3. The zero-order valence-electron chi connectivity index (χ0n) is 10.4. The van der Waals surface area contributed by atoms with Crippen LogP contribution in [0.25, 0.3) is 10.9 Å². The van der Waals surface area contributed by atoms with Crippen LogP contribution in [0.5, 0.6) is 0 Å². The van der Waals surface area contributed by atoms with E-state index in [-0.39, 0.29) is 5.82 Å². The molecule has 1 heterocycles. The number of rotatable bonds is 2. The van der Waals surface area contributed by atoms with Gasteiger partial charge in [0.2, 0.25) is 0 Å². The van der Waals surface area contributed by atoms with E-state index in [0.717, 1.165) is 10.9 Å². The Morgan fingerprint density at radius 3 is 2.80 bits per heavy atom. The lowest BCUT2D eigenvalue weighted by Crippen LogP contribution is -1.99. The van der Waals surface area contributed by atoms with Crippen molar-refractivity contribution >= 4 is 39.6 Å². The van der Waals surface area contributed by atoms with E-state index >= 15 is 0 Å². The molecular formula is C15H11ClFN3. The number of nitrogens with one attached hydrogen (secondary N) is 1. The number of anilines is 3. The van der Waals surface area contributed by atoms with Crippen LogP contribution in [0.15, 0.2) is 48.7 Å². The molecule has 0 saturated heterocycles. The number of nitrogen functional groups attached to an aromatic ring is 1. The predicted molar refractivity (Wildman–Crippen MR) is 80.8 cm³/mol. The van der Waals surface area contributed by atoms with Crippen molar-refractivity contribution in [2.75, 3.05) is 11.1 Å². The Kier molecular flexibility index (Phi) is 3.16. The normalized spacial score (nSPS) is 10.7. The first kappa shape index (κ1) is 12.7. The van der Waals surface area contributed by atoms with E-state index in [4.69, 9.17) is 17.3 Å². The van der Waals surface area contributed by atoms with Crippen molar-refractivity contribution in [1.29, 1.82) is 0 Å². The molecule has 2 aromatic carbocycles. The fourth-order valence-electron chi connectivity index (χ4n) is 2.02. The SMILES string of the molecule is Nc1cnc2ccccc2c1Nc1cc(F)ccc1Cl. The monoisotopic (exact) mass is 287 g/mol. The molecule has 0 amide bonds. The van der Waals surface area contributed by atoms with E-state index < -0.39 is 0 Å². The minimum absolute atomic E-state index is 0.367. The van der Waals surface area contributed by atoms with Crippen LogP contribution in [-0.2, 0) is 0 Å². The van der Waals surface area contributed by atoms with Gasteiger partial charge >= 0.3 is 0 Å². The highest BCUT2D eigenvalue weighted by molar-refractivity contribution is 6.33. The summed E-state index contributed by atoms with van der Waals surface area (Å²) >= 11 is 6.06. The average molecular weight is 288 g/mol. The van der Waals surface area contributed by atoms with Crippen molar-refractivity contribution in [2.24, 2.45) is 0 Å². The number of pyridine rings is 1. The molecule has 0 saturated carbocycles. The fraction of sp³-hybridized carbons (Fsp3) is 0. The summed E-state index contributed by atoms with van der Waals surface area (Å²) in [5, 5.41) is 4.36. The molecule has 0 unspecified atom stereocenters. The molecule has 0 radical (unpaired) electrons. The summed E-state index contributed by atoms with van der Waals surface area (Å²) in [7, 11) is 0. The summed E-state index contributed by atoms with van der Waals surface area (Å²) in [6, 6.07) is 11.7. The van der Waals surface area contributed by atoms with Gasteiger partial charge in [0.05, 0.1) is 33.8 Å². The molecule has 1 aromatic heterocycles. The number of benzene rings is 2. The van der Waals surface area contributed by atoms with E-state index in [9.17, 15) is 4.39 Å². The average Bonchev–Trinajstić information content (AvgIpc) is 2.46. The predicted octanol–water partition coefficient (Wildman–Crippen LogP) is 4.35. The van der Waals surface area contributed by atoms with E-state index in [1.165, 1.54) is 18.2 Å². The van der Waals surface area contributed by atoms with Crippen LogP contribution >= 0.6 is 11.6 Å². The first-order valence-electron chi connectivity index (χ1n) is 6.00. The highest BCUT2D eigenvalue weighted by Crippen LogP contribution is 2.33. The van der Waals surface area contributed by atoms with Crippen molar-refractivity contribution < 1.29 is 4.39 Å². The fourth-order valence-corrected chi connectivity index (χ4v) is 2.19. The Morgan fingerprint density at radius 2 is 1.95 bits per heavy atom. The third-order valence-electron chi connectivity index (χ3n) is 2.99. The second-order valence-electron chi connectivity index (χ2n) is 4.35. The number of halogens is 2. The maximum Gasteiger partial charge on any atom is 0.125 e. The molecule has 5 heteroatoms. The summed E-state index contributed by atoms with van der Waals surface area (Å²) < 4.78 is 13.3. The van der Waals surface area contributed by atoms with E-state index in [1.807, 2.05) is 24.3 Å². The van der Waals surface area contributed by atoms with Crippen LogP contribution in [0, 0.1) is 5.82 Å². The second kappa shape index (κ2) is 4.98. The Hall–Kier alpha value is -2.33. The van der Waals surface area contributed by atoms with Crippen molar-refractivity contribution in [1.82, 2.24) is 4.98 Å². The standard InChI is InChI=1S/C15H11ClFN3/c16-11-6-5-9(17)7-14(11)20-15-10-3-1-2-4-13(10)19-8-12(15)18/h1-8H,18H2,(H,19,20). The quantitative estimate of drug-likeness (QED) is 0.736. The van der Waals surface area contributed by atoms with Gasteiger partial charge in [-0.15, -0.1) is 0 Å². The highest BCUT2D eigenvalue weighted by atomic mass is 35.5. The summed E-state index contributed by atoms with van der Waals surface area (Å²) in [6.45, 7) is 0. The van der Waals surface area contributed by atoms with Gasteiger partial charge in [0, 0.05) is 5.39 Å². The molecule has 3 aromatic rings. The second-order valence-corrected chi connectivity index (χ2v) is 4.76. The van der Waals surface area contributed by atoms with Crippen molar-refractivity contribution in [3.05, 3.63) is 59.5 Å². The van der Waals surface area contributed by atoms with E-state index in [2.05, 4.69) is 10.3 Å². The van der Waals surface area contributed by atoms with Crippen molar-refractivity contribution in [3.63, 3.8) is 0 Å². The molecule has 0 aliphatic rings. The van der Waals surface area contributed by atoms with Gasteiger partial charge in [-0.3, -0.25) is 4.98 Å². The van der Waals surface area contributed by atoms with Gasteiger partial charge in [-0.05, 0) is 24.3 Å². The molecule has 3 rings (SSSR count). The molecule has 0 aliphatic carbocycles. The molecule has 0 spiro atoms. The molecule has 0 bridgehead atoms. The van der Waals surface area contributed by atoms with E-state index in [0.29, 0.717) is 22.1 Å². The largest absolute Gasteiger partial charge is 0.396 e. The van der Waals surface area contributed by atoms with Gasteiger partial charge < -0.3 is 11.1 Å². The Balaban J connectivity index is 2.15. The summed E-state index contributed by atoms with van der Waals surface area (Å²) in [5.74, 6) is -0.367. The molecule has 0 fully saturated rings. The summed E-state index contributed by atoms with van der Waals surface area (Å²) in [5.41, 5.74) is 8.38. The number of fused-ring (bicyclic) bond motifs is 1. The van der Waals surface area contributed by atoms with Gasteiger partial charge in [0.15, 0.2) is 0 Å². The number of hydrogen-bond donors (Lipinski definition) is 2. The molecule has 20 heavy (non-hydrogen) atoms. The minimum atomic E-state index is -0.367. The first-order chi connectivity index (χ1) is 9.65. The third kappa shape index (κ3) is 2.26. The first-order valence-corrected chi connectivity index (χ1v) is 6.38. The van der Waals surface area contributed by atoms with Crippen LogP contribution in [0.4, 0.5) is 21.5 Å². The topological polar surface area (TPSA) is 50.9 Å². The van der Waals surface area contributed by atoms with Gasteiger partial charge in [-0.1, -0.05) is 29.8 Å².